The highest BCUT2D eigenvalue weighted by atomic mass is 16.3. The molecule has 0 radical (unpaired) electrons. The predicted molar refractivity (Wildman–Crippen MR) is 122 cm³/mol. The van der Waals surface area contributed by atoms with E-state index in [-0.39, 0.29) is 0 Å². The van der Waals surface area contributed by atoms with Crippen LogP contribution in [0.15, 0.2) is 70.3 Å². The van der Waals surface area contributed by atoms with E-state index in [0.29, 0.717) is 25.0 Å². The fraction of sp³-hybridized carbons (Fsp3) is 0.333. The Morgan fingerprint density at radius 2 is 1.67 bits per heavy atom. The third-order valence-electron chi connectivity index (χ3n) is 5.10. The first kappa shape index (κ1) is 21.6. The van der Waals surface area contributed by atoms with Gasteiger partial charge in [-0.2, -0.15) is 0 Å². The molecule has 0 atom stereocenters. The summed E-state index contributed by atoms with van der Waals surface area (Å²) >= 11 is 0. The lowest BCUT2D eigenvalue weighted by Gasteiger charge is -2.23. The minimum atomic E-state index is 0.503. The highest BCUT2D eigenvalue weighted by Crippen LogP contribution is 2.17. The van der Waals surface area contributed by atoms with E-state index >= 15 is 0 Å². The van der Waals surface area contributed by atoms with E-state index in [1.807, 2.05) is 30.3 Å². The average Bonchev–Trinajstić information content (AvgIpc) is 3.24. The number of guanidine groups is 1. The Morgan fingerprint density at radius 3 is 2.37 bits per heavy atom. The van der Waals surface area contributed by atoms with Gasteiger partial charge in [0, 0.05) is 31.7 Å². The van der Waals surface area contributed by atoms with Crippen molar-refractivity contribution in [3.63, 3.8) is 0 Å². The second kappa shape index (κ2) is 10.6. The van der Waals surface area contributed by atoms with Gasteiger partial charge in [-0.3, -0.25) is 9.89 Å². The zero-order valence-electron chi connectivity index (χ0n) is 18.2. The molecule has 0 bridgehead atoms. The zero-order chi connectivity index (χ0) is 21.3. The summed E-state index contributed by atoms with van der Waals surface area (Å²) in [6, 6.07) is 18.9. The molecule has 158 valence electrons. The minimum absolute atomic E-state index is 0.503. The summed E-state index contributed by atoms with van der Waals surface area (Å²) in [5.41, 5.74) is 4.38. The van der Waals surface area contributed by atoms with Gasteiger partial charge < -0.3 is 15.1 Å². The molecular formula is C24H31N5O. The second-order valence-corrected chi connectivity index (χ2v) is 7.57. The van der Waals surface area contributed by atoms with Gasteiger partial charge >= 0.3 is 0 Å². The van der Waals surface area contributed by atoms with Crippen LogP contribution in [0.2, 0.25) is 0 Å². The van der Waals surface area contributed by atoms with Crippen LogP contribution in [0.3, 0.4) is 0 Å². The van der Waals surface area contributed by atoms with Crippen molar-refractivity contribution in [3.05, 3.63) is 77.7 Å². The van der Waals surface area contributed by atoms with Gasteiger partial charge in [0.05, 0.1) is 12.2 Å². The van der Waals surface area contributed by atoms with Gasteiger partial charge in [0.1, 0.15) is 6.26 Å². The summed E-state index contributed by atoms with van der Waals surface area (Å²) in [5.74, 6) is 1.35. The zero-order valence-corrected chi connectivity index (χ0v) is 18.2. The van der Waals surface area contributed by atoms with Crippen LogP contribution in [-0.4, -0.2) is 36.0 Å². The van der Waals surface area contributed by atoms with Gasteiger partial charge in [-0.1, -0.05) is 42.5 Å². The smallest absolute Gasteiger partial charge is 0.226 e. The first-order chi connectivity index (χ1) is 14.6. The molecule has 0 saturated carbocycles. The number of oxazole rings is 1. The number of nitrogens with zero attached hydrogens (tertiary/aromatic N) is 3. The van der Waals surface area contributed by atoms with E-state index in [2.05, 4.69) is 70.7 Å². The van der Waals surface area contributed by atoms with Crippen LogP contribution in [0.1, 0.15) is 30.7 Å². The standard InChI is InChI=1S/C24H31N5O/c1-18(2)29(4)16-21-13-9-8-12-20(21)14-26-24(25-3)27-15-22-17-30-23(28-22)19-10-6-5-7-11-19/h5-13,17-18H,14-16H2,1-4H3,(H2,25,26,27). The number of aromatic nitrogens is 1. The quantitative estimate of drug-likeness (QED) is 0.437. The van der Waals surface area contributed by atoms with E-state index in [4.69, 9.17) is 4.42 Å². The summed E-state index contributed by atoms with van der Waals surface area (Å²) in [6.07, 6.45) is 1.68. The van der Waals surface area contributed by atoms with Crippen molar-refractivity contribution < 1.29 is 4.42 Å². The van der Waals surface area contributed by atoms with E-state index in [0.717, 1.165) is 23.8 Å². The lowest BCUT2D eigenvalue weighted by molar-refractivity contribution is 0.265. The molecule has 0 saturated heterocycles. The summed E-state index contributed by atoms with van der Waals surface area (Å²) in [4.78, 5) is 11.2. The Hall–Kier alpha value is -3.12. The molecule has 2 aromatic carbocycles. The van der Waals surface area contributed by atoms with Gasteiger partial charge in [0.2, 0.25) is 5.89 Å². The Labute approximate surface area is 179 Å². The summed E-state index contributed by atoms with van der Waals surface area (Å²) in [6.45, 7) is 6.58. The molecular weight excluding hydrogens is 374 g/mol. The van der Waals surface area contributed by atoms with Crippen LogP contribution < -0.4 is 10.6 Å². The molecule has 6 nitrogen and oxygen atoms in total. The molecule has 1 aromatic heterocycles. The number of hydrogen-bond donors (Lipinski definition) is 2. The molecule has 0 aliphatic rings. The maximum absolute atomic E-state index is 5.60. The van der Waals surface area contributed by atoms with Gasteiger partial charge in [0.15, 0.2) is 5.96 Å². The van der Waals surface area contributed by atoms with Crippen LogP contribution in [-0.2, 0) is 19.6 Å². The molecule has 0 fully saturated rings. The molecule has 0 spiro atoms. The molecule has 3 rings (SSSR count). The van der Waals surface area contributed by atoms with E-state index < -0.39 is 0 Å². The van der Waals surface area contributed by atoms with Crippen molar-refractivity contribution in [3.8, 4) is 11.5 Å². The van der Waals surface area contributed by atoms with Crippen LogP contribution in [0.5, 0.6) is 0 Å². The van der Waals surface area contributed by atoms with Crippen molar-refractivity contribution in [2.24, 2.45) is 4.99 Å². The van der Waals surface area contributed by atoms with Crippen molar-refractivity contribution in [2.75, 3.05) is 14.1 Å². The lowest BCUT2D eigenvalue weighted by Crippen LogP contribution is -2.36. The Balaban J connectivity index is 1.56. The lowest BCUT2D eigenvalue weighted by atomic mass is 10.1. The Bertz CT molecular complexity index is 949. The number of aliphatic imine (C=N–C) groups is 1. The molecule has 2 N–H and O–H groups in total. The van der Waals surface area contributed by atoms with Crippen molar-refractivity contribution >= 4 is 5.96 Å². The molecule has 3 aromatic rings. The third-order valence-corrected chi connectivity index (χ3v) is 5.10. The van der Waals surface area contributed by atoms with Crippen LogP contribution >= 0.6 is 0 Å². The maximum Gasteiger partial charge on any atom is 0.226 e. The monoisotopic (exact) mass is 405 g/mol. The van der Waals surface area contributed by atoms with Gasteiger partial charge in [-0.05, 0) is 44.2 Å². The van der Waals surface area contributed by atoms with Crippen molar-refractivity contribution in [1.82, 2.24) is 20.5 Å². The summed E-state index contributed by atoms with van der Waals surface area (Å²) < 4.78 is 5.60. The van der Waals surface area contributed by atoms with E-state index in [9.17, 15) is 0 Å². The molecule has 1 heterocycles. The predicted octanol–water partition coefficient (Wildman–Crippen LogP) is 4.05. The second-order valence-electron chi connectivity index (χ2n) is 7.57. The first-order valence-corrected chi connectivity index (χ1v) is 10.3. The highest BCUT2D eigenvalue weighted by molar-refractivity contribution is 5.79. The normalized spacial score (nSPS) is 11.9. The number of benzene rings is 2. The van der Waals surface area contributed by atoms with Crippen LogP contribution in [0, 0.1) is 0 Å². The summed E-state index contributed by atoms with van der Waals surface area (Å²) in [7, 11) is 3.92. The minimum Gasteiger partial charge on any atom is -0.444 e. The molecule has 0 aliphatic carbocycles. The topological polar surface area (TPSA) is 65.7 Å². The number of rotatable bonds is 8. The Kier molecular flexibility index (Phi) is 7.63. The van der Waals surface area contributed by atoms with E-state index in [1.165, 1.54) is 11.1 Å². The molecule has 0 unspecified atom stereocenters. The van der Waals surface area contributed by atoms with Crippen LogP contribution in [0.25, 0.3) is 11.5 Å². The average molecular weight is 406 g/mol. The highest BCUT2D eigenvalue weighted by Gasteiger charge is 2.10. The summed E-state index contributed by atoms with van der Waals surface area (Å²) in [5, 5.41) is 6.70. The maximum atomic E-state index is 5.60. The number of hydrogen-bond acceptors (Lipinski definition) is 4. The van der Waals surface area contributed by atoms with Crippen molar-refractivity contribution in [2.45, 2.75) is 39.5 Å². The molecule has 30 heavy (non-hydrogen) atoms. The van der Waals surface area contributed by atoms with Crippen LogP contribution in [0.4, 0.5) is 0 Å². The molecule has 0 amide bonds. The van der Waals surface area contributed by atoms with Crippen molar-refractivity contribution in [1.29, 1.82) is 0 Å². The largest absolute Gasteiger partial charge is 0.444 e. The first-order valence-electron chi connectivity index (χ1n) is 10.3. The SMILES string of the molecule is CN=C(NCc1coc(-c2ccccc2)n1)NCc1ccccc1CN(C)C(C)C. The molecule has 0 aliphatic heterocycles. The van der Waals surface area contributed by atoms with Gasteiger partial charge in [-0.25, -0.2) is 4.98 Å². The molecule has 6 heteroatoms. The van der Waals surface area contributed by atoms with Gasteiger partial charge in [0.25, 0.3) is 0 Å². The fourth-order valence-corrected chi connectivity index (χ4v) is 3.01. The fourth-order valence-electron chi connectivity index (χ4n) is 3.01. The number of nitrogens with one attached hydrogen (secondary N) is 2. The van der Waals surface area contributed by atoms with Gasteiger partial charge in [-0.15, -0.1) is 0 Å². The Morgan fingerprint density at radius 1 is 1.00 bits per heavy atom. The third kappa shape index (κ3) is 5.94. The van der Waals surface area contributed by atoms with E-state index in [1.54, 1.807) is 13.3 Å².